The molecular formula is C23H31N3O2S. The first-order valence-electron chi connectivity index (χ1n) is 9.93. The standard InChI is InChI=1S/C23H31N3O2S/c1-15(2)11-22(16(3)27)26-23(28)20-10-9-19(25-13-18(24)14-29)12-21(20)17-7-5-4-6-8-17/h4-10,12,15,18,22,25,29H,11,13-14,24H2,1-3H3,(H,26,28)/t18-,22+/m1/s1. The zero-order valence-electron chi connectivity index (χ0n) is 17.3. The van der Waals surface area contributed by atoms with Crippen molar-refractivity contribution in [3.8, 4) is 11.1 Å². The monoisotopic (exact) mass is 413 g/mol. The second kappa shape index (κ2) is 11.0. The highest BCUT2D eigenvalue weighted by Gasteiger charge is 2.21. The van der Waals surface area contributed by atoms with Crippen LogP contribution in [0, 0.1) is 5.92 Å². The number of nitrogens with one attached hydrogen (secondary N) is 2. The van der Waals surface area contributed by atoms with Gasteiger partial charge in [-0.1, -0.05) is 44.2 Å². The van der Waals surface area contributed by atoms with Crippen LogP contribution in [0.1, 0.15) is 37.6 Å². The van der Waals surface area contributed by atoms with E-state index in [-0.39, 0.29) is 17.7 Å². The summed E-state index contributed by atoms with van der Waals surface area (Å²) in [6.07, 6.45) is 0.614. The van der Waals surface area contributed by atoms with Crippen LogP contribution in [0.5, 0.6) is 0 Å². The molecule has 6 heteroatoms. The minimum Gasteiger partial charge on any atom is -0.383 e. The quantitative estimate of drug-likeness (QED) is 0.447. The predicted octanol–water partition coefficient (Wildman–Crippen LogP) is 3.76. The zero-order chi connectivity index (χ0) is 21.4. The molecule has 0 aliphatic rings. The molecule has 2 atom stereocenters. The van der Waals surface area contributed by atoms with Gasteiger partial charge in [0.25, 0.3) is 5.91 Å². The third-order valence-corrected chi connectivity index (χ3v) is 5.12. The normalized spacial score (nSPS) is 13.0. The van der Waals surface area contributed by atoms with Gasteiger partial charge in [-0.3, -0.25) is 9.59 Å². The molecule has 0 aliphatic heterocycles. The molecule has 0 saturated heterocycles. The van der Waals surface area contributed by atoms with E-state index in [1.807, 2.05) is 56.3 Å². The lowest BCUT2D eigenvalue weighted by Crippen LogP contribution is -2.40. The van der Waals surface area contributed by atoms with Crippen LogP contribution >= 0.6 is 12.6 Å². The van der Waals surface area contributed by atoms with Crippen LogP contribution in [0.25, 0.3) is 11.1 Å². The van der Waals surface area contributed by atoms with Gasteiger partial charge in [-0.05, 0) is 48.6 Å². The number of rotatable bonds is 10. The fourth-order valence-electron chi connectivity index (χ4n) is 3.06. The number of hydrogen-bond donors (Lipinski definition) is 4. The number of nitrogens with two attached hydrogens (primary N) is 1. The van der Waals surface area contributed by atoms with Crippen molar-refractivity contribution in [1.82, 2.24) is 5.32 Å². The second-order valence-corrected chi connectivity index (χ2v) is 8.08. The molecule has 5 nitrogen and oxygen atoms in total. The van der Waals surface area contributed by atoms with Gasteiger partial charge in [-0.2, -0.15) is 12.6 Å². The molecule has 2 aromatic carbocycles. The maximum absolute atomic E-state index is 13.0. The Balaban J connectivity index is 2.34. The van der Waals surface area contributed by atoms with E-state index in [4.69, 9.17) is 5.73 Å². The molecule has 4 N–H and O–H groups in total. The summed E-state index contributed by atoms with van der Waals surface area (Å²) in [5.41, 5.74) is 9.09. The fraction of sp³-hybridized carbons (Fsp3) is 0.391. The Hall–Kier alpha value is -2.31. The van der Waals surface area contributed by atoms with Gasteiger partial charge in [0.2, 0.25) is 0 Å². The molecule has 0 aromatic heterocycles. The molecule has 0 unspecified atom stereocenters. The van der Waals surface area contributed by atoms with Crippen molar-refractivity contribution < 1.29 is 9.59 Å². The Kier molecular flexibility index (Phi) is 8.73. The topological polar surface area (TPSA) is 84.2 Å². The van der Waals surface area contributed by atoms with E-state index in [1.165, 1.54) is 6.92 Å². The number of Topliss-reactive ketones (excluding diaryl/α,β-unsaturated/α-hetero) is 1. The molecule has 1 amide bonds. The maximum Gasteiger partial charge on any atom is 0.252 e. The number of anilines is 1. The third kappa shape index (κ3) is 6.91. The highest BCUT2D eigenvalue weighted by molar-refractivity contribution is 7.80. The van der Waals surface area contributed by atoms with Crippen LogP contribution in [-0.4, -0.2) is 36.1 Å². The highest BCUT2D eigenvalue weighted by Crippen LogP contribution is 2.27. The number of carbonyl (C=O) groups is 2. The Morgan fingerprint density at radius 1 is 1.10 bits per heavy atom. The summed E-state index contributed by atoms with van der Waals surface area (Å²) in [6.45, 7) is 6.17. The van der Waals surface area contributed by atoms with Gasteiger partial charge in [0, 0.05) is 29.6 Å². The molecule has 29 heavy (non-hydrogen) atoms. The third-order valence-electron chi connectivity index (χ3n) is 4.66. The average Bonchev–Trinajstić information content (AvgIpc) is 2.71. The van der Waals surface area contributed by atoms with Crippen molar-refractivity contribution in [3.63, 3.8) is 0 Å². The minimum absolute atomic E-state index is 0.0349. The molecule has 0 bridgehead atoms. The molecule has 156 valence electrons. The molecule has 2 aromatic rings. The number of thiol groups is 1. The lowest BCUT2D eigenvalue weighted by molar-refractivity contribution is -0.119. The van der Waals surface area contributed by atoms with Crippen molar-refractivity contribution in [2.45, 2.75) is 39.3 Å². The summed E-state index contributed by atoms with van der Waals surface area (Å²) >= 11 is 4.21. The van der Waals surface area contributed by atoms with Crippen molar-refractivity contribution in [3.05, 3.63) is 54.1 Å². The summed E-state index contributed by atoms with van der Waals surface area (Å²) in [5.74, 6) is 0.609. The molecule has 0 spiro atoms. The summed E-state index contributed by atoms with van der Waals surface area (Å²) in [6, 6.07) is 14.8. The zero-order valence-corrected chi connectivity index (χ0v) is 18.2. The van der Waals surface area contributed by atoms with E-state index in [0.29, 0.717) is 30.2 Å². The van der Waals surface area contributed by atoms with Crippen LogP contribution < -0.4 is 16.4 Å². The molecule has 0 fully saturated rings. The number of carbonyl (C=O) groups excluding carboxylic acids is 2. The van der Waals surface area contributed by atoms with E-state index in [0.717, 1.165) is 16.8 Å². The predicted molar refractivity (Wildman–Crippen MR) is 124 cm³/mol. The van der Waals surface area contributed by atoms with Gasteiger partial charge in [-0.25, -0.2) is 0 Å². The Morgan fingerprint density at radius 2 is 1.79 bits per heavy atom. The number of ketones is 1. The molecule has 2 rings (SSSR count). The molecular weight excluding hydrogens is 382 g/mol. The highest BCUT2D eigenvalue weighted by atomic mass is 32.1. The first-order chi connectivity index (χ1) is 13.8. The second-order valence-electron chi connectivity index (χ2n) is 7.72. The smallest absolute Gasteiger partial charge is 0.252 e. The first kappa shape index (κ1) is 23.0. The average molecular weight is 414 g/mol. The fourth-order valence-corrected chi connectivity index (χ4v) is 3.19. The summed E-state index contributed by atoms with van der Waals surface area (Å²) in [7, 11) is 0. The number of hydrogen-bond acceptors (Lipinski definition) is 5. The lowest BCUT2D eigenvalue weighted by atomic mass is 9.96. The first-order valence-corrected chi connectivity index (χ1v) is 10.6. The van der Waals surface area contributed by atoms with E-state index in [1.54, 1.807) is 6.07 Å². The van der Waals surface area contributed by atoms with Crippen LogP contribution in [0.3, 0.4) is 0 Å². The molecule has 0 saturated carbocycles. The van der Waals surface area contributed by atoms with Gasteiger partial charge >= 0.3 is 0 Å². The summed E-state index contributed by atoms with van der Waals surface area (Å²) in [5, 5.41) is 6.21. The Labute approximate surface area is 178 Å². The lowest BCUT2D eigenvalue weighted by Gasteiger charge is -2.20. The molecule has 0 radical (unpaired) electrons. The van der Waals surface area contributed by atoms with Crippen molar-refractivity contribution in [1.29, 1.82) is 0 Å². The Bertz CT molecular complexity index is 824. The van der Waals surface area contributed by atoms with Crippen LogP contribution in [0.15, 0.2) is 48.5 Å². The summed E-state index contributed by atoms with van der Waals surface area (Å²) in [4.78, 5) is 25.0. The Morgan fingerprint density at radius 3 is 2.38 bits per heavy atom. The van der Waals surface area contributed by atoms with Crippen LogP contribution in [-0.2, 0) is 4.79 Å². The maximum atomic E-state index is 13.0. The van der Waals surface area contributed by atoms with Crippen LogP contribution in [0.2, 0.25) is 0 Å². The van der Waals surface area contributed by atoms with Gasteiger partial charge in [0.05, 0.1) is 6.04 Å². The van der Waals surface area contributed by atoms with Gasteiger partial charge in [-0.15, -0.1) is 0 Å². The minimum atomic E-state index is -0.489. The van der Waals surface area contributed by atoms with Gasteiger partial charge < -0.3 is 16.4 Å². The van der Waals surface area contributed by atoms with Crippen LogP contribution in [0.4, 0.5) is 5.69 Å². The summed E-state index contributed by atoms with van der Waals surface area (Å²) < 4.78 is 0. The van der Waals surface area contributed by atoms with E-state index in [9.17, 15) is 9.59 Å². The van der Waals surface area contributed by atoms with Gasteiger partial charge in [0.15, 0.2) is 5.78 Å². The van der Waals surface area contributed by atoms with Crippen molar-refractivity contribution >= 4 is 30.0 Å². The van der Waals surface area contributed by atoms with E-state index in [2.05, 4.69) is 23.3 Å². The molecule has 0 aliphatic carbocycles. The SMILES string of the molecule is CC(=O)[C@H](CC(C)C)NC(=O)c1ccc(NC[C@@H](N)CS)cc1-c1ccccc1. The van der Waals surface area contributed by atoms with Crippen molar-refractivity contribution in [2.75, 3.05) is 17.6 Å². The molecule has 0 heterocycles. The van der Waals surface area contributed by atoms with E-state index >= 15 is 0 Å². The number of benzene rings is 2. The largest absolute Gasteiger partial charge is 0.383 e. The number of amides is 1. The van der Waals surface area contributed by atoms with E-state index < -0.39 is 6.04 Å². The van der Waals surface area contributed by atoms with Crippen molar-refractivity contribution in [2.24, 2.45) is 11.7 Å². The van der Waals surface area contributed by atoms with Gasteiger partial charge in [0.1, 0.15) is 0 Å².